The Hall–Kier alpha value is -0.860. The van der Waals surface area contributed by atoms with Crippen LogP contribution in [-0.2, 0) is 24.0 Å². The van der Waals surface area contributed by atoms with Gasteiger partial charge >= 0.3 is 10.3 Å². The van der Waals surface area contributed by atoms with Crippen molar-refractivity contribution in [2.45, 2.75) is 44.5 Å². The zero-order chi connectivity index (χ0) is 16.2. The molecule has 22 heavy (non-hydrogen) atoms. The van der Waals surface area contributed by atoms with Gasteiger partial charge in [0.25, 0.3) is 0 Å². The summed E-state index contributed by atoms with van der Waals surface area (Å²) in [5, 5.41) is 4.90. The lowest BCUT2D eigenvalue weighted by Gasteiger charge is -2.40. The molecule has 1 aliphatic heterocycles. The van der Waals surface area contributed by atoms with Crippen molar-refractivity contribution in [3.05, 3.63) is 35.1 Å². The molecule has 0 aromatic carbocycles. The van der Waals surface area contributed by atoms with Crippen LogP contribution in [-0.4, -0.2) is 26.9 Å². The summed E-state index contributed by atoms with van der Waals surface area (Å²) in [7, 11) is -4.03. The fourth-order valence-electron chi connectivity index (χ4n) is 2.75. The molecule has 0 amide bonds. The Labute approximate surface area is 135 Å². The first kappa shape index (κ1) is 17.5. The van der Waals surface area contributed by atoms with E-state index in [1.807, 2.05) is 6.92 Å². The summed E-state index contributed by atoms with van der Waals surface area (Å²) in [6, 6.07) is 0. The zero-order valence-electron chi connectivity index (χ0n) is 12.3. The molecule has 0 radical (unpaired) electrons. The minimum Gasteiger partial charge on any atom is -0.467 e. The van der Waals surface area contributed by atoms with Crippen molar-refractivity contribution in [3.63, 3.8) is 0 Å². The maximum absolute atomic E-state index is 11.0. The highest BCUT2D eigenvalue weighted by molar-refractivity contribution is 7.84. The van der Waals surface area contributed by atoms with E-state index in [0.29, 0.717) is 11.3 Å². The highest BCUT2D eigenvalue weighted by Gasteiger charge is 2.44. The van der Waals surface area contributed by atoms with Gasteiger partial charge in [-0.05, 0) is 19.8 Å². The number of rotatable bonds is 5. The third-order valence-electron chi connectivity index (χ3n) is 3.66. The number of halogens is 1. The molecule has 124 valence electrons. The average molecular weight is 350 g/mol. The van der Waals surface area contributed by atoms with Gasteiger partial charge in [-0.15, -0.1) is 0 Å². The lowest BCUT2D eigenvalue weighted by Crippen LogP contribution is -2.43. The van der Waals surface area contributed by atoms with Gasteiger partial charge in [-0.1, -0.05) is 29.8 Å². The van der Waals surface area contributed by atoms with Crippen molar-refractivity contribution in [3.8, 4) is 0 Å². The smallest absolute Gasteiger partial charge is 0.333 e. The molecule has 2 N–H and O–H groups in total. The van der Waals surface area contributed by atoms with E-state index in [1.165, 1.54) is 5.54 Å². The largest absolute Gasteiger partial charge is 0.467 e. The summed E-state index contributed by atoms with van der Waals surface area (Å²) in [4.78, 5) is 0. The lowest BCUT2D eigenvalue weighted by molar-refractivity contribution is -0.247. The van der Waals surface area contributed by atoms with Gasteiger partial charge in [0.05, 0.1) is 6.61 Å². The first-order valence-corrected chi connectivity index (χ1v) is 8.94. The first-order chi connectivity index (χ1) is 10.4. The van der Waals surface area contributed by atoms with E-state index in [9.17, 15) is 8.42 Å². The van der Waals surface area contributed by atoms with Gasteiger partial charge in [0.15, 0.2) is 0 Å². The second kappa shape index (κ2) is 7.14. The van der Waals surface area contributed by atoms with Gasteiger partial charge < -0.3 is 9.47 Å². The van der Waals surface area contributed by atoms with E-state index >= 15 is 0 Å². The molecule has 0 saturated heterocycles. The topological polar surface area (TPSA) is 87.9 Å². The number of hydrogen-bond donors (Lipinski definition) is 1. The van der Waals surface area contributed by atoms with Crippen molar-refractivity contribution in [1.82, 2.24) is 0 Å². The molecule has 1 unspecified atom stereocenters. The maximum atomic E-state index is 11.0. The molecule has 1 spiro atoms. The van der Waals surface area contributed by atoms with E-state index in [4.69, 9.17) is 30.4 Å². The summed E-state index contributed by atoms with van der Waals surface area (Å²) >= 11 is 5.48. The summed E-state index contributed by atoms with van der Waals surface area (Å²) in [5.41, 5.74) is 2.07. The van der Waals surface area contributed by atoms with Gasteiger partial charge in [-0.3, -0.25) is 4.18 Å². The van der Waals surface area contributed by atoms with Crippen LogP contribution in [0.2, 0.25) is 0 Å². The third kappa shape index (κ3) is 4.57. The van der Waals surface area contributed by atoms with Crippen LogP contribution >= 0.6 is 11.6 Å². The zero-order valence-corrected chi connectivity index (χ0v) is 13.9. The molecule has 0 bridgehead atoms. The highest BCUT2D eigenvalue weighted by Crippen LogP contribution is 2.42. The van der Waals surface area contributed by atoms with Gasteiger partial charge in [0.2, 0.25) is 5.79 Å². The summed E-state index contributed by atoms with van der Waals surface area (Å²) < 4.78 is 38.8. The van der Waals surface area contributed by atoms with Gasteiger partial charge in [-0.25, -0.2) is 5.14 Å². The molecule has 1 heterocycles. The molecule has 0 aromatic heterocycles. The molecule has 1 fully saturated rings. The molecule has 0 aromatic rings. The van der Waals surface area contributed by atoms with Crippen molar-refractivity contribution in [1.29, 1.82) is 0 Å². The Morgan fingerprint density at radius 2 is 2.09 bits per heavy atom. The van der Waals surface area contributed by atoms with Crippen LogP contribution in [0.15, 0.2) is 35.1 Å². The van der Waals surface area contributed by atoms with Crippen LogP contribution < -0.4 is 5.14 Å². The van der Waals surface area contributed by atoms with Gasteiger partial charge in [-0.2, -0.15) is 8.42 Å². The van der Waals surface area contributed by atoms with Crippen molar-refractivity contribution in [2.75, 3.05) is 6.61 Å². The maximum Gasteiger partial charge on any atom is 0.333 e. The standard InChI is InChI=1S/C14H20ClNO5S/c1-11-12(6-2-5-9-15)13(10-19-22(16,17)18)21-14(20-11)7-3-4-8-14/h2,5-6,9,13H,3-4,7-8,10H2,1H3,(H2,16,17,18)/b6-2-,9-5+. The Morgan fingerprint density at radius 1 is 1.41 bits per heavy atom. The normalized spacial score (nSPS) is 25.5. The number of ether oxygens (including phenoxy) is 2. The molecule has 2 aliphatic rings. The van der Waals surface area contributed by atoms with Crippen LogP contribution in [0.5, 0.6) is 0 Å². The van der Waals surface area contributed by atoms with E-state index in [0.717, 1.165) is 25.7 Å². The first-order valence-electron chi connectivity index (χ1n) is 7.03. The van der Waals surface area contributed by atoms with E-state index < -0.39 is 22.2 Å². The molecule has 1 atom stereocenters. The van der Waals surface area contributed by atoms with Crippen LogP contribution in [0.25, 0.3) is 0 Å². The minimum atomic E-state index is -4.03. The van der Waals surface area contributed by atoms with Gasteiger partial charge in [0.1, 0.15) is 11.9 Å². The average Bonchev–Trinajstić information content (AvgIpc) is 2.86. The fourth-order valence-corrected chi connectivity index (χ4v) is 3.15. The second-order valence-corrected chi connectivity index (χ2v) is 6.77. The Morgan fingerprint density at radius 3 is 2.68 bits per heavy atom. The Bertz CT molecular complexity index is 590. The van der Waals surface area contributed by atoms with E-state index in [1.54, 1.807) is 18.2 Å². The monoisotopic (exact) mass is 349 g/mol. The Kier molecular flexibility index (Phi) is 5.68. The summed E-state index contributed by atoms with van der Waals surface area (Å²) in [6.07, 6.45) is 8.11. The minimum absolute atomic E-state index is 0.189. The summed E-state index contributed by atoms with van der Waals surface area (Å²) in [6.45, 7) is 1.64. The summed E-state index contributed by atoms with van der Waals surface area (Å²) in [5.74, 6) is 0.00579. The number of nitrogens with two attached hydrogens (primary N) is 1. The van der Waals surface area contributed by atoms with Crippen LogP contribution in [0, 0.1) is 0 Å². The molecule has 1 saturated carbocycles. The molecule has 1 aliphatic carbocycles. The Balaban J connectivity index is 2.23. The van der Waals surface area contributed by atoms with E-state index in [-0.39, 0.29) is 6.61 Å². The molecule has 8 heteroatoms. The predicted octanol–water partition coefficient (Wildman–Crippen LogP) is 2.47. The SMILES string of the molecule is CC1=C(/C=C\C=C\Cl)C(COS(N)(=O)=O)OC2(CCCC2)O1. The van der Waals surface area contributed by atoms with Crippen LogP contribution in [0.1, 0.15) is 32.6 Å². The third-order valence-corrected chi connectivity index (χ3v) is 4.27. The molecule has 6 nitrogen and oxygen atoms in total. The predicted molar refractivity (Wildman–Crippen MR) is 83.0 cm³/mol. The second-order valence-electron chi connectivity index (χ2n) is 5.29. The van der Waals surface area contributed by atoms with Crippen LogP contribution in [0.3, 0.4) is 0 Å². The van der Waals surface area contributed by atoms with Crippen molar-refractivity contribution >= 4 is 21.9 Å². The number of hydrogen-bond acceptors (Lipinski definition) is 5. The molecule has 2 rings (SSSR count). The van der Waals surface area contributed by atoms with E-state index in [2.05, 4.69) is 0 Å². The van der Waals surface area contributed by atoms with Crippen molar-refractivity contribution in [2.24, 2.45) is 5.14 Å². The van der Waals surface area contributed by atoms with Gasteiger partial charge in [0, 0.05) is 23.9 Å². The molecular weight excluding hydrogens is 330 g/mol. The number of allylic oxidation sites excluding steroid dienone is 3. The lowest BCUT2D eigenvalue weighted by atomic mass is 10.0. The fraction of sp³-hybridized carbons (Fsp3) is 0.571. The molecular formula is C14H20ClNO5S. The van der Waals surface area contributed by atoms with Crippen LogP contribution in [0.4, 0.5) is 0 Å². The van der Waals surface area contributed by atoms with Crippen molar-refractivity contribution < 1.29 is 22.1 Å². The quantitative estimate of drug-likeness (QED) is 0.770. The highest BCUT2D eigenvalue weighted by atomic mass is 35.5.